The van der Waals surface area contributed by atoms with Crippen LogP contribution in [0.25, 0.3) is 0 Å². The highest BCUT2D eigenvalue weighted by Gasteiger charge is 2.24. The number of nitrogens with one attached hydrogen (secondary N) is 1. The van der Waals surface area contributed by atoms with Gasteiger partial charge in [-0.05, 0) is 61.7 Å². The molecular weight excluding hydrogens is 458 g/mol. The zero-order valence-corrected chi connectivity index (χ0v) is 19.9. The van der Waals surface area contributed by atoms with Crippen molar-refractivity contribution >= 4 is 39.2 Å². The third-order valence-electron chi connectivity index (χ3n) is 5.68. The molecule has 1 aliphatic rings. The van der Waals surface area contributed by atoms with Crippen LogP contribution in [0.1, 0.15) is 47.9 Å². The maximum atomic E-state index is 12.5. The Morgan fingerprint density at radius 3 is 2.26 bits per heavy atom. The standard InChI is InChI=1S/C24H30BrN3O3/c1-16(2)14-17(3)27-10-12-28(13-11-27)22-9-8-20(15-21(22)24(30)31)26-23(29)18-4-6-19(25)7-5-18/h4-9,15-17H,10-14H2,1-3H3,(H,26,29)(H,30,31)/t17-/m1/s1. The van der Waals surface area contributed by atoms with Crippen LogP contribution in [0, 0.1) is 5.92 Å². The quantitative estimate of drug-likeness (QED) is 0.577. The van der Waals surface area contributed by atoms with E-state index in [4.69, 9.17) is 0 Å². The number of carbonyl (C=O) groups is 2. The topological polar surface area (TPSA) is 72.9 Å². The van der Waals surface area contributed by atoms with Crippen LogP contribution in [-0.4, -0.2) is 54.1 Å². The van der Waals surface area contributed by atoms with E-state index in [1.54, 1.807) is 42.5 Å². The smallest absolute Gasteiger partial charge is 0.337 e. The molecule has 3 rings (SSSR count). The second-order valence-electron chi connectivity index (χ2n) is 8.50. The van der Waals surface area contributed by atoms with Crippen LogP contribution in [0.4, 0.5) is 11.4 Å². The third kappa shape index (κ3) is 6.08. The van der Waals surface area contributed by atoms with Crippen molar-refractivity contribution in [2.45, 2.75) is 33.2 Å². The van der Waals surface area contributed by atoms with Crippen LogP contribution in [0.2, 0.25) is 0 Å². The van der Waals surface area contributed by atoms with Gasteiger partial charge in [-0.2, -0.15) is 0 Å². The van der Waals surface area contributed by atoms with Crippen molar-refractivity contribution in [2.75, 3.05) is 36.4 Å². The van der Waals surface area contributed by atoms with Crippen molar-refractivity contribution < 1.29 is 14.7 Å². The summed E-state index contributed by atoms with van der Waals surface area (Å²) in [6.45, 7) is 10.1. The van der Waals surface area contributed by atoms with E-state index in [0.717, 1.165) is 37.1 Å². The van der Waals surface area contributed by atoms with E-state index in [1.807, 2.05) is 0 Å². The van der Waals surface area contributed by atoms with Crippen LogP contribution < -0.4 is 10.2 Å². The van der Waals surface area contributed by atoms with Gasteiger partial charge in [0.1, 0.15) is 0 Å². The predicted octanol–water partition coefficient (Wildman–Crippen LogP) is 4.96. The van der Waals surface area contributed by atoms with Gasteiger partial charge in [-0.15, -0.1) is 0 Å². The molecular formula is C24H30BrN3O3. The number of carboxylic acids is 1. The highest BCUT2D eigenvalue weighted by molar-refractivity contribution is 9.10. The first-order valence-electron chi connectivity index (χ1n) is 10.7. The van der Waals surface area contributed by atoms with Gasteiger partial charge in [0.25, 0.3) is 5.91 Å². The Morgan fingerprint density at radius 1 is 1.03 bits per heavy atom. The van der Waals surface area contributed by atoms with Crippen molar-refractivity contribution in [3.8, 4) is 0 Å². The highest BCUT2D eigenvalue weighted by Crippen LogP contribution is 2.27. The summed E-state index contributed by atoms with van der Waals surface area (Å²) in [5.74, 6) is -0.610. The van der Waals surface area contributed by atoms with Gasteiger partial charge in [-0.1, -0.05) is 29.8 Å². The zero-order chi connectivity index (χ0) is 22.5. The molecule has 6 nitrogen and oxygen atoms in total. The normalized spacial score (nSPS) is 15.7. The van der Waals surface area contributed by atoms with E-state index in [9.17, 15) is 14.7 Å². The maximum Gasteiger partial charge on any atom is 0.337 e. The molecule has 2 N–H and O–H groups in total. The zero-order valence-electron chi connectivity index (χ0n) is 18.3. The number of amides is 1. The van der Waals surface area contributed by atoms with E-state index < -0.39 is 5.97 Å². The van der Waals surface area contributed by atoms with Crippen LogP contribution in [0.3, 0.4) is 0 Å². The fourth-order valence-electron chi connectivity index (χ4n) is 4.10. The predicted molar refractivity (Wildman–Crippen MR) is 128 cm³/mol. The fourth-order valence-corrected chi connectivity index (χ4v) is 4.36. The number of anilines is 2. The van der Waals surface area contributed by atoms with Gasteiger partial charge in [0.05, 0.1) is 11.3 Å². The summed E-state index contributed by atoms with van der Waals surface area (Å²) in [5.41, 5.74) is 1.89. The van der Waals surface area contributed by atoms with Gasteiger partial charge < -0.3 is 15.3 Å². The monoisotopic (exact) mass is 487 g/mol. The molecule has 1 amide bonds. The van der Waals surface area contributed by atoms with Crippen molar-refractivity contribution in [3.63, 3.8) is 0 Å². The number of aromatic carboxylic acids is 1. The minimum absolute atomic E-state index is 0.206. The number of piperazine rings is 1. The molecule has 0 aromatic heterocycles. The number of halogens is 1. The van der Waals surface area contributed by atoms with Gasteiger partial charge in [0.15, 0.2) is 0 Å². The lowest BCUT2D eigenvalue weighted by Gasteiger charge is -2.40. The van der Waals surface area contributed by atoms with Crippen LogP contribution in [0.15, 0.2) is 46.9 Å². The van der Waals surface area contributed by atoms with Crippen molar-refractivity contribution in [1.82, 2.24) is 4.90 Å². The van der Waals surface area contributed by atoms with Crippen molar-refractivity contribution in [3.05, 3.63) is 58.1 Å². The second-order valence-corrected chi connectivity index (χ2v) is 9.42. The number of benzene rings is 2. The molecule has 0 radical (unpaired) electrons. The Labute approximate surface area is 192 Å². The minimum Gasteiger partial charge on any atom is -0.478 e. The van der Waals surface area contributed by atoms with Gasteiger partial charge in [0, 0.05) is 47.9 Å². The summed E-state index contributed by atoms with van der Waals surface area (Å²) in [6.07, 6.45) is 1.16. The van der Waals surface area contributed by atoms with Crippen LogP contribution >= 0.6 is 15.9 Å². The summed E-state index contributed by atoms with van der Waals surface area (Å²) < 4.78 is 0.889. The summed E-state index contributed by atoms with van der Waals surface area (Å²) in [6, 6.07) is 12.7. The Bertz CT molecular complexity index is 922. The average molecular weight is 488 g/mol. The number of carboxylic acid groups (broad SMARTS) is 1. The Morgan fingerprint density at radius 2 is 1.68 bits per heavy atom. The Balaban J connectivity index is 1.70. The lowest BCUT2D eigenvalue weighted by atomic mass is 10.0. The minimum atomic E-state index is -0.995. The van der Waals surface area contributed by atoms with Gasteiger partial charge in [-0.3, -0.25) is 9.69 Å². The molecule has 0 bridgehead atoms. The van der Waals surface area contributed by atoms with E-state index >= 15 is 0 Å². The van der Waals surface area contributed by atoms with Crippen LogP contribution in [-0.2, 0) is 0 Å². The van der Waals surface area contributed by atoms with Crippen molar-refractivity contribution in [1.29, 1.82) is 0 Å². The van der Waals surface area contributed by atoms with Gasteiger partial charge >= 0.3 is 5.97 Å². The first-order valence-corrected chi connectivity index (χ1v) is 11.5. The molecule has 1 fully saturated rings. The molecule has 0 saturated carbocycles. The number of nitrogens with zero attached hydrogens (tertiary/aromatic N) is 2. The van der Waals surface area contributed by atoms with E-state index in [0.29, 0.717) is 28.9 Å². The summed E-state index contributed by atoms with van der Waals surface area (Å²) in [5, 5.41) is 12.6. The van der Waals surface area contributed by atoms with Crippen LogP contribution in [0.5, 0.6) is 0 Å². The first kappa shape index (κ1) is 23.3. The van der Waals surface area contributed by atoms with E-state index in [2.05, 4.69) is 51.8 Å². The lowest BCUT2D eigenvalue weighted by Crippen LogP contribution is -2.50. The maximum absolute atomic E-state index is 12.5. The molecule has 2 aromatic rings. The molecule has 1 atom stereocenters. The fraction of sp³-hybridized carbons (Fsp3) is 0.417. The largest absolute Gasteiger partial charge is 0.478 e. The molecule has 2 aromatic carbocycles. The SMILES string of the molecule is CC(C)C[C@@H](C)N1CCN(c2ccc(NC(=O)c3ccc(Br)cc3)cc2C(=O)O)CC1. The molecule has 0 spiro atoms. The lowest BCUT2D eigenvalue weighted by molar-refractivity contribution is 0.0696. The first-order chi connectivity index (χ1) is 14.7. The number of hydrogen-bond acceptors (Lipinski definition) is 4. The Hall–Kier alpha value is -2.38. The van der Waals surface area contributed by atoms with E-state index in [-0.39, 0.29) is 11.5 Å². The molecule has 1 saturated heterocycles. The molecule has 31 heavy (non-hydrogen) atoms. The van der Waals surface area contributed by atoms with E-state index in [1.165, 1.54) is 0 Å². The van der Waals surface area contributed by atoms with Gasteiger partial charge in [-0.25, -0.2) is 4.79 Å². The third-order valence-corrected chi connectivity index (χ3v) is 6.21. The molecule has 166 valence electrons. The number of carbonyl (C=O) groups excluding carboxylic acids is 1. The Kier molecular flexibility index (Phi) is 7.73. The molecule has 0 aliphatic carbocycles. The summed E-state index contributed by atoms with van der Waals surface area (Å²) in [7, 11) is 0. The molecule has 0 unspecified atom stereocenters. The molecule has 7 heteroatoms. The van der Waals surface area contributed by atoms with Crippen molar-refractivity contribution in [2.24, 2.45) is 5.92 Å². The average Bonchev–Trinajstić information content (AvgIpc) is 2.73. The number of rotatable bonds is 7. The number of hydrogen-bond donors (Lipinski definition) is 2. The summed E-state index contributed by atoms with van der Waals surface area (Å²) >= 11 is 3.35. The highest BCUT2D eigenvalue weighted by atomic mass is 79.9. The summed E-state index contributed by atoms with van der Waals surface area (Å²) in [4.78, 5) is 29.0. The van der Waals surface area contributed by atoms with Gasteiger partial charge in [0.2, 0.25) is 0 Å². The second kappa shape index (κ2) is 10.3. The molecule has 1 heterocycles. The molecule has 1 aliphatic heterocycles.